The van der Waals surface area contributed by atoms with Gasteiger partial charge in [-0.25, -0.2) is 4.79 Å². The lowest BCUT2D eigenvalue weighted by molar-refractivity contribution is 0.0719. The molecule has 2 aromatic carbocycles. The molecule has 138 valence electrons. The molecule has 6 nitrogen and oxygen atoms in total. The van der Waals surface area contributed by atoms with Crippen molar-refractivity contribution in [1.82, 2.24) is 4.90 Å². The molecule has 7 heteroatoms. The fraction of sp³-hybridized carbons (Fsp3) is 0.316. The summed E-state index contributed by atoms with van der Waals surface area (Å²) in [4.78, 5) is 14.3. The second-order valence-corrected chi connectivity index (χ2v) is 6.56. The number of halogens is 1. The van der Waals surface area contributed by atoms with Gasteiger partial charge in [0.15, 0.2) is 11.5 Å². The summed E-state index contributed by atoms with van der Waals surface area (Å²) in [6.45, 7) is 0.201. The van der Waals surface area contributed by atoms with Gasteiger partial charge >= 0.3 is 6.03 Å². The molecule has 0 bridgehead atoms. The van der Waals surface area contributed by atoms with E-state index in [2.05, 4.69) is 5.32 Å². The summed E-state index contributed by atoms with van der Waals surface area (Å²) >= 11 is 5.88. The molecule has 2 atom stereocenters. The van der Waals surface area contributed by atoms with Gasteiger partial charge in [-0.05, 0) is 30.3 Å². The highest BCUT2D eigenvalue weighted by molar-refractivity contribution is 6.30. The number of aliphatic hydroxyl groups is 1. The molecule has 0 spiro atoms. The fourth-order valence-corrected chi connectivity index (χ4v) is 3.29. The first-order valence-electron chi connectivity index (χ1n) is 8.25. The number of anilines is 1. The largest absolute Gasteiger partial charge is 0.493 e. The highest BCUT2D eigenvalue weighted by Crippen LogP contribution is 2.43. The Morgan fingerprint density at radius 2 is 2.08 bits per heavy atom. The van der Waals surface area contributed by atoms with Crippen LogP contribution in [0.15, 0.2) is 42.5 Å². The zero-order valence-electron chi connectivity index (χ0n) is 14.6. The smallest absolute Gasteiger partial charge is 0.322 e. The lowest BCUT2D eigenvalue weighted by atomic mass is 9.90. The van der Waals surface area contributed by atoms with Gasteiger partial charge in [0.05, 0.1) is 26.4 Å². The van der Waals surface area contributed by atoms with Gasteiger partial charge in [-0.1, -0.05) is 23.7 Å². The molecule has 3 rings (SSSR count). The molecule has 0 unspecified atom stereocenters. The van der Waals surface area contributed by atoms with Gasteiger partial charge in [-0.3, -0.25) is 0 Å². The number of fused-ring (bicyclic) bond motifs is 1. The zero-order chi connectivity index (χ0) is 18.7. The first-order chi connectivity index (χ1) is 12.5. The van der Waals surface area contributed by atoms with E-state index in [-0.39, 0.29) is 24.6 Å². The highest BCUT2D eigenvalue weighted by atomic mass is 35.5. The number of para-hydroxylation sites is 1. The number of hydrogen-bond acceptors (Lipinski definition) is 4. The minimum atomic E-state index is -0.342. The molecule has 26 heavy (non-hydrogen) atoms. The Morgan fingerprint density at radius 3 is 2.73 bits per heavy atom. The standard InChI is InChI=1S/C19H21ClN2O4/c1-22(19(24)21-14-8-6-13(20)7-9-14)17-12(10-23)11-26-18-15(17)4-3-5-16(18)25-2/h3-9,12,17,23H,10-11H2,1-2H3,(H,21,24)/t12-,17-/m1/s1. The number of urea groups is 1. The summed E-state index contributed by atoms with van der Waals surface area (Å²) in [6.07, 6.45) is 0. The molecule has 2 amide bonds. The minimum absolute atomic E-state index is 0.0973. The van der Waals surface area contributed by atoms with Crippen LogP contribution >= 0.6 is 11.6 Å². The Kier molecular flexibility index (Phi) is 5.54. The average Bonchev–Trinajstić information content (AvgIpc) is 2.67. The third-order valence-corrected chi connectivity index (χ3v) is 4.76. The maximum Gasteiger partial charge on any atom is 0.322 e. The Labute approximate surface area is 157 Å². The van der Waals surface area contributed by atoms with E-state index in [1.165, 1.54) is 0 Å². The van der Waals surface area contributed by atoms with Crippen molar-refractivity contribution in [1.29, 1.82) is 0 Å². The maximum absolute atomic E-state index is 12.8. The molecule has 1 heterocycles. The van der Waals surface area contributed by atoms with Crippen LogP contribution in [0, 0.1) is 5.92 Å². The second-order valence-electron chi connectivity index (χ2n) is 6.13. The summed E-state index contributed by atoms with van der Waals surface area (Å²) in [5.74, 6) is 0.974. The number of nitrogens with zero attached hydrogens (tertiary/aromatic N) is 1. The normalized spacial score (nSPS) is 18.5. The molecule has 0 aliphatic carbocycles. The lowest BCUT2D eigenvalue weighted by Crippen LogP contribution is -2.43. The average molecular weight is 377 g/mol. The van der Waals surface area contributed by atoms with Gasteiger partial charge in [0, 0.05) is 29.2 Å². The molecule has 2 N–H and O–H groups in total. The van der Waals surface area contributed by atoms with Crippen molar-refractivity contribution in [2.75, 3.05) is 32.7 Å². The number of carbonyl (C=O) groups excluding carboxylic acids is 1. The van der Waals surface area contributed by atoms with Crippen molar-refractivity contribution < 1.29 is 19.4 Å². The van der Waals surface area contributed by atoms with Crippen molar-refractivity contribution in [2.45, 2.75) is 6.04 Å². The number of aliphatic hydroxyl groups excluding tert-OH is 1. The number of carbonyl (C=O) groups is 1. The molecule has 0 fully saturated rings. The van der Waals surface area contributed by atoms with Crippen molar-refractivity contribution >= 4 is 23.3 Å². The van der Waals surface area contributed by atoms with Crippen LogP contribution in [0.2, 0.25) is 5.02 Å². The molecule has 0 radical (unpaired) electrons. The summed E-state index contributed by atoms with van der Waals surface area (Å²) in [5.41, 5.74) is 1.45. The topological polar surface area (TPSA) is 71.0 Å². The summed E-state index contributed by atoms with van der Waals surface area (Å²) in [7, 11) is 3.27. The number of nitrogens with one attached hydrogen (secondary N) is 1. The molecular weight excluding hydrogens is 356 g/mol. The van der Waals surface area contributed by atoms with Crippen LogP contribution in [-0.4, -0.2) is 43.4 Å². The van der Waals surface area contributed by atoms with Gasteiger partial charge in [0.25, 0.3) is 0 Å². The van der Waals surface area contributed by atoms with Gasteiger partial charge in [-0.15, -0.1) is 0 Å². The van der Waals surface area contributed by atoms with Crippen LogP contribution < -0.4 is 14.8 Å². The Balaban J connectivity index is 1.88. The van der Waals surface area contributed by atoms with E-state index in [1.54, 1.807) is 43.3 Å². The number of hydrogen-bond donors (Lipinski definition) is 2. The molecule has 0 saturated heterocycles. The molecule has 0 aromatic heterocycles. The van der Waals surface area contributed by atoms with Gasteiger partial charge < -0.3 is 24.8 Å². The predicted molar refractivity (Wildman–Crippen MR) is 100 cm³/mol. The van der Waals surface area contributed by atoms with E-state index in [1.807, 2.05) is 18.2 Å². The first-order valence-corrected chi connectivity index (χ1v) is 8.63. The number of ether oxygens (including phenoxy) is 2. The van der Waals surface area contributed by atoms with E-state index < -0.39 is 0 Å². The van der Waals surface area contributed by atoms with Crippen molar-refractivity contribution in [3.8, 4) is 11.5 Å². The maximum atomic E-state index is 12.8. The first kappa shape index (κ1) is 18.4. The van der Waals surface area contributed by atoms with E-state index in [0.717, 1.165) is 5.56 Å². The van der Waals surface area contributed by atoms with Crippen LogP contribution in [0.1, 0.15) is 11.6 Å². The van der Waals surface area contributed by atoms with Crippen LogP contribution in [0.3, 0.4) is 0 Å². The van der Waals surface area contributed by atoms with Crippen LogP contribution in [0.4, 0.5) is 10.5 Å². The predicted octanol–water partition coefficient (Wildman–Crippen LogP) is 3.55. The second kappa shape index (κ2) is 7.85. The van der Waals surface area contributed by atoms with E-state index in [9.17, 15) is 9.90 Å². The van der Waals surface area contributed by atoms with Crippen LogP contribution in [0.25, 0.3) is 0 Å². The van der Waals surface area contributed by atoms with E-state index in [4.69, 9.17) is 21.1 Å². The third kappa shape index (κ3) is 3.57. The van der Waals surface area contributed by atoms with E-state index in [0.29, 0.717) is 28.8 Å². The molecule has 2 aromatic rings. The highest BCUT2D eigenvalue weighted by Gasteiger charge is 2.37. The van der Waals surface area contributed by atoms with Gasteiger partial charge in [0.2, 0.25) is 0 Å². The Morgan fingerprint density at radius 1 is 1.35 bits per heavy atom. The van der Waals surface area contributed by atoms with Crippen molar-refractivity contribution in [3.63, 3.8) is 0 Å². The van der Waals surface area contributed by atoms with Crippen molar-refractivity contribution in [3.05, 3.63) is 53.1 Å². The van der Waals surface area contributed by atoms with Crippen LogP contribution in [-0.2, 0) is 0 Å². The number of rotatable bonds is 4. The molecule has 1 aliphatic rings. The SMILES string of the molecule is COc1cccc2c1OC[C@@H](CO)[C@H]2N(C)C(=O)Nc1ccc(Cl)cc1. The number of amides is 2. The molecule has 1 aliphatic heterocycles. The molecular formula is C19H21ClN2O4. The van der Waals surface area contributed by atoms with Gasteiger partial charge in [-0.2, -0.15) is 0 Å². The zero-order valence-corrected chi connectivity index (χ0v) is 15.4. The van der Waals surface area contributed by atoms with Crippen LogP contribution in [0.5, 0.6) is 11.5 Å². The van der Waals surface area contributed by atoms with Gasteiger partial charge in [0.1, 0.15) is 0 Å². The number of benzene rings is 2. The Bertz CT molecular complexity index is 782. The fourth-order valence-electron chi connectivity index (χ4n) is 3.16. The minimum Gasteiger partial charge on any atom is -0.493 e. The molecule has 0 saturated carbocycles. The quantitative estimate of drug-likeness (QED) is 0.856. The number of methoxy groups -OCH3 is 1. The third-order valence-electron chi connectivity index (χ3n) is 4.50. The Hall–Kier alpha value is -2.44. The summed E-state index contributed by atoms with van der Waals surface area (Å²) in [5, 5.41) is 13.2. The lowest BCUT2D eigenvalue weighted by Gasteiger charge is -2.38. The van der Waals surface area contributed by atoms with E-state index >= 15 is 0 Å². The summed E-state index contributed by atoms with van der Waals surface area (Å²) in [6, 6.07) is 11.8. The summed E-state index contributed by atoms with van der Waals surface area (Å²) < 4.78 is 11.1. The van der Waals surface area contributed by atoms with Crippen molar-refractivity contribution in [2.24, 2.45) is 5.92 Å². The monoisotopic (exact) mass is 376 g/mol.